The summed E-state index contributed by atoms with van der Waals surface area (Å²) in [5.74, 6) is 0.493. The zero-order valence-electron chi connectivity index (χ0n) is 18.1. The van der Waals surface area contributed by atoms with E-state index < -0.39 is 5.91 Å². The lowest BCUT2D eigenvalue weighted by atomic mass is 10.1. The molecule has 0 atom stereocenters. The van der Waals surface area contributed by atoms with Crippen molar-refractivity contribution >= 4 is 46.1 Å². The molecule has 0 aliphatic heterocycles. The van der Waals surface area contributed by atoms with E-state index in [1.807, 2.05) is 30.3 Å². The van der Waals surface area contributed by atoms with Gasteiger partial charge < -0.3 is 14.6 Å². The first kappa shape index (κ1) is 23.4. The number of benzene rings is 4. The molecule has 0 aliphatic carbocycles. The molecule has 0 fully saturated rings. The third-order valence-electron chi connectivity index (χ3n) is 5.07. The number of halogens is 2. The maximum Gasteiger partial charge on any atom is 0.275 e. The van der Waals surface area contributed by atoms with Crippen LogP contribution in [0.1, 0.15) is 21.5 Å². The summed E-state index contributed by atoms with van der Waals surface area (Å²) in [7, 11) is 1.57. The number of fused-ring (bicyclic) bond motifs is 1. The van der Waals surface area contributed by atoms with Gasteiger partial charge in [0.15, 0.2) is 0 Å². The Morgan fingerprint density at radius 1 is 1.00 bits per heavy atom. The number of nitrogens with zero attached hydrogens (tertiary/aromatic N) is 1. The average molecular weight is 495 g/mol. The molecular weight excluding hydrogens is 475 g/mol. The van der Waals surface area contributed by atoms with Gasteiger partial charge in [-0.3, -0.25) is 4.79 Å². The van der Waals surface area contributed by atoms with Gasteiger partial charge in [0, 0.05) is 10.6 Å². The Morgan fingerprint density at radius 2 is 1.74 bits per heavy atom. The predicted molar refractivity (Wildman–Crippen MR) is 134 cm³/mol. The summed E-state index contributed by atoms with van der Waals surface area (Å²) in [6.45, 7) is 0.198. The van der Waals surface area contributed by atoms with Gasteiger partial charge in [0.1, 0.15) is 23.9 Å². The van der Waals surface area contributed by atoms with Crippen LogP contribution < -0.4 is 14.9 Å². The highest BCUT2D eigenvalue weighted by Crippen LogP contribution is 2.29. The van der Waals surface area contributed by atoms with Crippen molar-refractivity contribution in [1.29, 1.82) is 0 Å². The second-order valence-corrected chi connectivity index (χ2v) is 8.19. The maximum absolute atomic E-state index is 12.5. The fourth-order valence-corrected chi connectivity index (χ4v) is 3.84. The quantitative estimate of drug-likeness (QED) is 0.236. The van der Waals surface area contributed by atoms with E-state index in [1.165, 1.54) is 6.21 Å². The molecule has 0 radical (unpaired) electrons. The normalized spacial score (nSPS) is 11.0. The minimum Gasteiger partial charge on any atom is -0.507 e. The van der Waals surface area contributed by atoms with Crippen LogP contribution in [0.5, 0.6) is 17.2 Å². The summed E-state index contributed by atoms with van der Waals surface area (Å²) in [5, 5.41) is 16.9. The molecule has 2 N–H and O–H groups in total. The molecule has 172 valence electrons. The minimum absolute atomic E-state index is 0.115. The van der Waals surface area contributed by atoms with Crippen LogP contribution in [0.2, 0.25) is 10.0 Å². The second kappa shape index (κ2) is 10.5. The molecule has 0 unspecified atom stereocenters. The number of nitrogens with one attached hydrogen (secondary N) is 1. The Bertz CT molecular complexity index is 1390. The number of amides is 1. The predicted octanol–water partition coefficient (Wildman–Crippen LogP) is 6.20. The zero-order valence-corrected chi connectivity index (χ0v) is 19.6. The average Bonchev–Trinajstić information content (AvgIpc) is 2.83. The number of phenolic OH excluding ortho intramolecular Hbond substituents is 1. The van der Waals surface area contributed by atoms with Crippen LogP contribution in [0.15, 0.2) is 77.9 Å². The number of hydrazone groups is 1. The number of hydrogen-bond acceptors (Lipinski definition) is 5. The molecule has 0 spiro atoms. The molecule has 8 heteroatoms. The first-order valence-corrected chi connectivity index (χ1v) is 11.0. The van der Waals surface area contributed by atoms with Crippen LogP contribution in [-0.4, -0.2) is 24.3 Å². The molecule has 4 aromatic carbocycles. The highest BCUT2D eigenvalue weighted by Gasteiger charge is 2.12. The third-order valence-corrected chi connectivity index (χ3v) is 5.60. The number of ether oxygens (including phenoxy) is 2. The van der Waals surface area contributed by atoms with Crippen LogP contribution in [0.4, 0.5) is 0 Å². The van der Waals surface area contributed by atoms with Crippen molar-refractivity contribution < 1.29 is 19.4 Å². The smallest absolute Gasteiger partial charge is 0.275 e. The van der Waals surface area contributed by atoms with Crippen LogP contribution in [0.3, 0.4) is 0 Å². The summed E-state index contributed by atoms with van der Waals surface area (Å²) < 4.78 is 11.2. The fraction of sp³-hybridized carbons (Fsp3) is 0.0769. The molecule has 0 aliphatic rings. The largest absolute Gasteiger partial charge is 0.507 e. The van der Waals surface area contributed by atoms with Gasteiger partial charge in [0.2, 0.25) is 0 Å². The lowest BCUT2D eigenvalue weighted by Crippen LogP contribution is -2.17. The lowest BCUT2D eigenvalue weighted by molar-refractivity contribution is 0.0952. The Morgan fingerprint density at radius 3 is 2.47 bits per heavy atom. The van der Waals surface area contributed by atoms with Gasteiger partial charge in [0.05, 0.1) is 23.9 Å². The number of carbonyl (C=O) groups is 1. The molecule has 0 heterocycles. The van der Waals surface area contributed by atoms with Gasteiger partial charge in [0.25, 0.3) is 5.91 Å². The number of carbonyl (C=O) groups excluding carboxylic acids is 1. The van der Waals surface area contributed by atoms with Gasteiger partial charge in [-0.05, 0) is 64.9 Å². The number of methoxy groups -OCH3 is 1. The lowest BCUT2D eigenvalue weighted by Gasteiger charge is -2.12. The molecule has 1 amide bonds. The molecule has 4 aromatic rings. The van der Waals surface area contributed by atoms with Crippen molar-refractivity contribution in [2.75, 3.05) is 7.11 Å². The standard InChI is InChI=1S/C26H20Cl2N2O4/c1-33-24-8-6-16(10-19(24)15-34-25-9-7-20(27)13-22(25)28)14-29-30-26(32)21-11-17-4-2-3-5-18(17)12-23(21)31/h2-14,31H,15H2,1H3,(H,30,32). The van der Waals surface area contributed by atoms with Crippen LogP contribution in [-0.2, 0) is 6.61 Å². The van der Waals surface area contributed by atoms with Gasteiger partial charge in [-0.25, -0.2) is 5.43 Å². The van der Waals surface area contributed by atoms with E-state index in [0.717, 1.165) is 16.3 Å². The summed E-state index contributed by atoms with van der Waals surface area (Å²) in [6, 6.07) is 21.0. The molecular formula is C26H20Cl2N2O4. The topological polar surface area (TPSA) is 80.2 Å². The summed E-state index contributed by atoms with van der Waals surface area (Å²) >= 11 is 12.1. The monoisotopic (exact) mass is 494 g/mol. The Labute approximate surface area is 206 Å². The van der Waals surface area contributed by atoms with Gasteiger partial charge in [-0.1, -0.05) is 47.5 Å². The molecule has 34 heavy (non-hydrogen) atoms. The van der Waals surface area contributed by atoms with E-state index in [2.05, 4.69) is 10.5 Å². The van der Waals surface area contributed by atoms with Crippen LogP contribution >= 0.6 is 23.2 Å². The van der Waals surface area contributed by atoms with Crippen LogP contribution in [0, 0.1) is 0 Å². The van der Waals surface area contributed by atoms with E-state index in [4.69, 9.17) is 32.7 Å². The number of phenols is 1. The van der Waals surface area contributed by atoms with Gasteiger partial charge in [-0.2, -0.15) is 5.10 Å². The van der Waals surface area contributed by atoms with Crippen molar-refractivity contribution in [2.24, 2.45) is 5.10 Å². The molecule has 6 nitrogen and oxygen atoms in total. The number of aromatic hydroxyl groups is 1. The zero-order chi connectivity index (χ0) is 24.1. The Kier molecular flexibility index (Phi) is 7.21. The van der Waals surface area contributed by atoms with Crippen molar-refractivity contribution in [1.82, 2.24) is 5.43 Å². The maximum atomic E-state index is 12.5. The van der Waals surface area contributed by atoms with E-state index in [-0.39, 0.29) is 17.9 Å². The first-order chi connectivity index (χ1) is 16.4. The number of hydrogen-bond donors (Lipinski definition) is 2. The molecule has 0 bridgehead atoms. The highest BCUT2D eigenvalue weighted by molar-refractivity contribution is 6.35. The van der Waals surface area contributed by atoms with Crippen molar-refractivity contribution in [3.8, 4) is 17.2 Å². The first-order valence-electron chi connectivity index (χ1n) is 10.2. The SMILES string of the molecule is COc1ccc(C=NNC(=O)c2cc3ccccc3cc2O)cc1COc1ccc(Cl)cc1Cl. The van der Waals surface area contributed by atoms with Crippen molar-refractivity contribution in [3.05, 3.63) is 99.5 Å². The van der Waals surface area contributed by atoms with E-state index in [0.29, 0.717) is 27.1 Å². The van der Waals surface area contributed by atoms with E-state index >= 15 is 0 Å². The highest BCUT2D eigenvalue weighted by atomic mass is 35.5. The minimum atomic E-state index is -0.519. The third kappa shape index (κ3) is 5.42. The molecule has 4 rings (SSSR count). The van der Waals surface area contributed by atoms with Crippen molar-refractivity contribution in [2.45, 2.75) is 6.61 Å². The summed E-state index contributed by atoms with van der Waals surface area (Å²) in [6.07, 6.45) is 1.49. The molecule has 0 saturated carbocycles. The van der Waals surface area contributed by atoms with E-state index in [1.54, 1.807) is 49.6 Å². The Hall–Kier alpha value is -3.74. The van der Waals surface area contributed by atoms with Crippen molar-refractivity contribution in [3.63, 3.8) is 0 Å². The summed E-state index contributed by atoms with van der Waals surface area (Å²) in [4.78, 5) is 12.5. The van der Waals surface area contributed by atoms with Gasteiger partial charge in [-0.15, -0.1) is 0 Å². The Balaban J connectivity index is 1.46. The second-order valence-electron chi connectivity index (χ2n) is 7.35. The molecule has 0 saturated heterocycles. The fourth-order valence-electron chi connectivity index (χ4n) is 3.38. The number of rotatable bonds is 7. The van der Waals surface area contributed by atoms with Crippen LogP contribution in [0.25, 0.3) is 10.8 Å². The molecule has 0 aromatic heterocycles. The van der Waals surface area contributed by atoms with Gasteiger partial charge >= 0.3 is 0 Å². The summed E-state index contributed by atoms with van der Waals surface area (Å²) in [5.41, 5.74) is 4.06. The van der Waals surface area contributed by atoms with E-state index in [9.17, 15) is 9.90 Å².